The van der Waals surface area contributed by atoms with E-state index < -0.39 is 49.5 Å². The van der Waals surface area contributed by atoms with Crippen molar-refractivity contribution in [3.8, 4) is 0 Å². The van der Waals surface area contributed by atoms with Crippen molar-refractivity contribution in [2.45, 2.75) is 185 Å². The Labute approximate surface area is 333 Å². The van der Waals surface area contributed by atoms with E-state index in [0.717, 1.165) is 116 Å². The van der Waals surface area contributed by atoms with Crippen LogP contribution in [0.4, 0.5) is 0 Å². The first-order valence-corrected chi connectivity index (χ1v) is 21.3. The number of allylic oxidation sites excluding steroid dienone is 14. The molecule has 0 aromatic carbocycles. The van der Waals surface area contributed by atoms with Crippen LogP contribution in [0.25, 0.3) is 0 Å². The molecule has 1 rings (SSSR count). The molecule has 0 aromatic heterocycles. The summed E-state index contributed by atoms with van der Waals surface area (Å²) >= 11 is 0. The standard InChI is InChI=1S/C46H77NO8/c1-3-5-7-9-10-11-12-13-14-15-16-17-18-19-20-21-22-23-24-25-26-27-28-29-30-32-34-36-42(50)47-39(40(49)35-33-31-8-6-4-2)38-54-46-45(53)44(52)43(51)41(37-48)55-46/h5,7,10-11,13-14,16-17,19-20,22-23,25-26,39-41,43-46,48-49,51-53H,3-4,6,8-9,12,15,18,21,24,27-38H2,1-2H3,(H,47,50)/b7-5-,11-10-,14-13-,17-16-,20-19-,23-22-,26-25-. The van der Waals surface area contributed by atoms with Gasteiger partial charge in [-0.1, -0.05) is 150 Å². The molecule has 9 heteroatoms. The van der Waals surface area contributed by atoms with E-state index in [1.165, 1.54) is 0 Å². The fraction of sp³-hybridized carbons (Fsp3) is 0.674. The van der Waals surface area contributed by atoms with E-state index in [4.69, 9.17) is 9.47 Å². The molecule has 1 amide bonds. The van der Waals surface area contributed by atoms with Crippen molar-refractivity contribution in [2.24, 2.45) is 0 Å². The van der Waals surface area contributed by atoms with E-state index in [-0.39, 0.29) is 12.5 Å². The molecule has 55 heavy (non-hydrogen) atoms. The zero-order valence-electron chi connectivity index (χ0n) is 34.1. The van der Waals surface area contributed by atoms with Crippen LogP contribution in [0.2, 0.25) is 0 Å². The van der Waals surface area contributed by atoms with Gasteiger partial charge in [0.1, 0.15) is 24.4 Å². The molecule has 0 radical (unpaired) electrons. The lowest BCUT2D eigenvalue weighted by molar-refractivity contribution is -0.302. The normalized spacial score (nSPS) is 22.2. The van der Waals surface area contributed by atoms with Crippen molar-refractivity contribution in [1.82, 2.24) is 5.32 Å². The number of amides is 1. The van der Waals surface area contributed by atoms with Crippen LogP contribution in [0.15, 0.2) is 85.1 Å². The van der Waals surface area contributed by atoms with Crippen LogP contribution in [0.5, 0.6) is 0 Å². The fourth-order valence-corrected chi connectivity index (χ4v) is 6.08. The summed E-state index contributed by atoms with van der Waals surface area (Å²) < 4.78 is 11.1. The monoisotopic (exact) mass is 772 g/mol. The van der Waals surface area contributed by atoms with Crippen molar-refractivity contribution in [1.29, 1.82) is 0 Å². The lowest BCUT2D eigenvalue weighted by atomic mass is 9.99. The maximum absolute atomic E-state index is 12.8. The summed E-state index contributed by atoms with van der Waals surface area (Å²) in [6.07, 6.45) is 42.1. The molecule has 0 saturated carbocycles. The summed E-state index contributed by atoms with van der Waals surface area (Å²) in [6.45, 7) is 3.58. The summed E-state index contributed by atoms with van der Waals surface area (Å²) in [5.41, 5.74) is 0. The van der Waals surface area contributed by atoms with Gasteiger partial charge in [0.15, 0.2) is 6.29 Å². The molecule has 1 aliphatic rings. The molecule has 0 aromatic rings. The first-order valence-electron chi connectivity index (χ1n) is 21.3. The fourth-order valence-electron chi connectivity index (χ4n) is 6.08. The van der Waals surface area contributed by atoms with Gasteiger partial charge in [-0.25, -0.2) is 0 Å². The van der Waals surface area contributed by atoms with E-state index in [9.17, 15) is 30.3 Å². The Kier molecular flexibility index (Phi) is 32.8. The van der Waals surface area contributed by atoms with Gasteiger partial charge in [0.2, 0.25) is 5.91 Å². The molecular formula is C46H77NO8. The third-order valence-corrected chi connectivity index (χ3v) is 9.51. The Morgan fingerprint density at radius 2 is 1.13 bits per heavy atom. The van der Waals surface area contributed by atoms with Crippen LogP contribution in [0.1, 0.15) is 142 Å². The van der Waals surface area contributed by atoms with Gasteiger partial charge in [0.25, 0.3) is 0 Å². The molecule has 1 heterocycles. The third-order valence-electron chi connectivity index (χ3n) is 9.51. The van der Waals surface area contributed by atoms with Gasteiger partial charge in [0, 0.05) is 6.42 Å². The highest BCUT2D eigenvalue weighted by Gasteiger charge is 2.44. The van der Waals surface area contributed by atoms with Crippen molar-refractivity contribution < 1.29 is 39.8 Å². The first-order chi connectivity index (χ1) is 26.8. The van der Waals surface area contributed by atoms with Gasteiger partial charge in [-0.3, -0.25) is 4.79 Å². The summed E-state index contributed by atoms with van der Waals surface area (Å²) in [5.74, 6) is -0.176. The molecule has 1 fully saturated rings. The smallest absolute Gasteiger partial charge is 0.220 e. The van der Waals surface area contributed by atoms with E-state index in [0.29, 0.717) is 12.8 Å². The summed E-state index contributed by atoms with van der Waals surface area (Å²) in [7, 11) is 0. The number of carbonyl (C=O) groups excluding carboxylic acids is 1. The van der Waals surface area contributed by atoms with Gasteiger partial charge in [0.05, 0.1) is 25.4 Å². The Morgan fingerprint density at radius 1 is 0.636 bits per heavy atom. The quantitative estimate of drug-likeness (QED) is 0.0288. The maximum atomic E-state index is 12.8. The number of hydrogen-bond acceptors (Lipinski definition) is 8. The molecule has 0 bridgehead atoms. The number of hydrogen-bond donors (Lipinski definition) is 6. The van der Waals surface area contributed by atoms with Crippen LogP contribution in [-0.4, -0.2) is 87.5 Å². The molecule has 9 nitrogen and oxygen atoms in total. The molecule has 0 aliphatic carbocycles. The van der Waals surface area contributed by atoms with Crippen LogP contribution in [0, 0.1) is 0 Å². The van der Waals surface area contributed by atoms with Gasteiger partial charge >= 0.3 is 0 Å². The molecule has 6 N–H and O–H groups in total. The van der Waals surface area contributed by atoms with E-state index in [1.54, 1.807) is 0 Å². The number of rotatable bonds is 33. The van der Waals surface area contributed by atoms with Crippen LogP contribution >= 0.6 is 0 Å². The minimum atomic E-state index is -1.56. The summed E-state index contributed by atoms with van der Waals surface area (Å²) in [6, 6.07) is -0.731. The topological polar surface area (TPSA) is 149 Å². The highest BCUT2D eigenvalue weighted by molar-refractivity contribution is 5.76. The Balaban J connectivity index is 2.21. The lowest BCUT2D eigenvalue weighted by Gasteiger charge is -2.40. The average Bonchev–Trinajstić information content (AvgIpc) is 3.18. The number of carbonyl (C=O) groups is 1. The number of unbranched alkanes of at least 4 members (excludes halogenated alkanes) is 9. The number of nitrogens with one attached hydrogen (secondary N) is 1. The second-order valence-electron chi connectivity index (χ2n) is 14.4. The summed E-state index contributed by atoms with van der Waals surface area (Å²) in [4.78, 5) is 12.8. The van der Waals surface area contributed by atoms with Crippen LogP contribution in [0.3, 0.4) is 0 Å². The molecule has 7 atom stereocenters. The number of aliphatic hydroxyl groups excluding tert-OH is 5. The van der Waals surface area contributed by atoms with Gasteiger partial charge < -0.3 is 40.3 Å². The van der Waals surface area contributed by atoms with Gasteiger partial charge in [-0.05, 0) is 70.6 Å². The van der Waals surface area contributed by atoms with Crippen LogP contribution < -0.4 is 5.32 Å². The van der Waals surface area contributed by atoms with E-state index in [2.05, 4.69) is 104 Å². The van der Waals surface area contributed by atoms with Crippen molar-refractivity contribution in [3.05, 3.63) is 85.1 Å². The SMILES string of the molecule is CC/C=C\C/C=C\C/C=C\C/C=C\C/C=C\C/C=C\C/C=C\CCCCCCCC(=O)NC(COC1OC(CO)C(O)C(O)C1O)C(O)CCCCCCC. The zero-order chi connectivity index (χ0) is 40.2. The van der Waals surface area contributed by atoms with Crippen molar-refractivity contribution >= 4 is 5.91 Å². The molecular weight excluding hydrogens is 695 g/mol. The predicted molar refractivity (Wildman–Crippen MR) is 225 cm³/mol. The van der Waals surface area contributed by atoms with E-state index in [1.807, 2.05) is 0 Å². The number of ether oxygens (including phenoxy) is 2. The van der Waals surface area contributed by atoms with Crippen molar-refractivity contribution in [2.75, 3.05) is 13.2 Å². The lowest BCUT2D eigenvalue weighted by Crippen LogP contribution is -2.60. The Bertz CT molecular complexity index is 1130. The average molecular weight is 772 g/mol. The largest absolute Gasteiger partial charge is 0.394 e. The number of aliphatic hydroxyl groups is 5. The summed E-state index contributed by atoms with van der Waals surface area (Å²) in [5, 5.41) is 53.8. The minimum Gasteiger partial charge on any atom is -0.394 e. The molecule has 7 unspecified atom stereocenters. The Morgan fingerprint density at radius 3 is 1.67 bits per heavy atom. The van der Waals surface area contributed by atoms with E-state index >= 15 is 0 Å². The second kappa shape index (κ2) is 35.8. The zero-order valence-corrected chi connectivity index (χ0v) is 34.1. The first kappa shape index (κ1) is 50.4. The molecule has 1 aliphatic heterocycles. The highest BCUT2D eigenvalue weighted by Crippen LogP contribution is 2.23. The predicted octanol–water partition coefficient (Wildman–Crippen LogP) is 8.38. The molecule has 0 spiro atoms. The van der Waals surface area contributed by atoms with Gasteiger partial charge in [-0.2, -0.15) is 0 Å². The second-order valence-corrected chi connectivity index (χ2v) is 14.4. The minimum absolute atomic E-state index is 0.155. The van der Waals surface area contributed by atoms with Crippen molar-refractivity contribution in [3.63, 3.8) is 0 Å². The Hall–Kier alpha value is -2.63. The highest BCUT2D eigenvalue weighted by atomic mass is 16.7. The third kappa shape index (κ3) is 26.8. The molecule has 314 valence electrons. The van der Waals surface area contributed by atoms with Crippen LogP contribution in [-0.2, 0) is 14.3 Å². The maximum Gasteiger partial charge on any atom is 0.220 e. The van der Waals surface area contributed by atoms with Gasteiger partial charge in [-0.15, -0.1) is 0 Å². The molecule has 1 saturated heterocycles.